The number of allylic oxidation sites excluding steroid dienone is 8. The number of esters is 2. The first kappa shape index (κ1) is 70.0. The predicted molar refractivity (Wildman–Crippen MR) is 308 cm³/mol. The van der Waals surface area contributed by atoms with Crippen LogP contribution in [0.4, 0.5) is 0 Å². The topological polar surface area (TPSA) is 214 Å². The van der Waals surface area contributed by atoms with Gasteiger partial charge in [-0.25, -0.2) is 9.59 Å². The molecule has 4 unspecified atom stereocenters. The third kappa shape index (κ3) is 27.6. The summed E-state index contributed by atoms with van der Waals surface area (Å²) < 4.78 is 11.6. The first-order valence-corrected chi connectivity index (χ1v) is 28.2. The van der Waals surface area contributed by atoms with E-state index in [4.69, 9.17) is 9.47 Å². The largest absolute Gasteiger partial charge is 0.458 e. The summed E-state index contributed by atoms with van der Waals surface area (Å²) in [6, 6.07) is 0. The zero-order valence-corrected chi connectivity index (χ0v) is 48.4. The summed E-state index contributed by atoms with van der Waals surface area (Å²) in [5.41, 5.74) is 0. The number of rotatable bonds is 6. The second-order valence-corrected chi connectivity index (χ2v) is 22.8. The molecule has 0 aromatic rings. The highest BCUT2D eigenvalue weighted by molar-refractivity contribution is 5.82. The lowest BCUT2D eigenvalue weighted by atomic mass is 9.82. The molecule has 76 heavy (non-hydrogen) atoms. The second kappa shape index (κ2) is 37.8. The van der Waals surface area contributed by atoms with Gasteiger partial charge >= 0.3 is 11.9 Å². The summed E-state index contributed by atoms with van der Waals surface area (Å²) in [4.78, 5) is 25.2. The maximum absolute atomic E-state index is 12.6. The van der Waals surface area contributed by atoms with Gasteiger partial charge in [-0.05, 0) is 62.2 Å². The zero-order chi connectivity index (χ0) is 57.7. The van der Waals surface area contributed by atoms with Crippen LogP contribution >= 0.6 is 0 Å². The quantitative estimate of drug-likeness (QED) is 0.0709. The highest BCUT2D eigenvalue weighted by atomic mass is 16.5. The van der Waals surface area contributed by atoms with Gasteiger partial charge in [-0.3, -0.25) is 0 Å². The molecule has 432 valence electrons. The molecule has 0 fully saturated rings. The normalized spacial score (nSPS) is 40.7. The molecule has 12 nitrogen and oxygen atoms in total. The summed E-state index contributed by atoms with van der Waals surface area (Å²) in [5, 5.41) is 85.4. The van der Waals surface area contributed by atoms with Crippen LogP contribution in [0.25, 0.3) is 0 Å². The Bertz CT molecular complexity index is 1760. The smallest absolute Gasteiger partial charge is 0.331 e. The van der Waals surface area contributed by atoms with Gasteiger partial charge in [0.15, 0.2) is 0 Å². The number of hydrogen-bond acceptors (Lipinski definition) is 12. The number of cyclic esters (lactones) is 2. The molecule has 2 heterocycles. The van der Waals surface area contributed by atoms with Crippen molar-refractivity contribution in [1.82, 2.24) is 0 Å². The lowest BCUT2D eigenvalue weighted by molar-refractivity contribution is -0.151. The van der Waals surface area contributed by atoms with Gasteiger partial charge in [-0.1, -0.05) is 193 Å². The van der Waals surface area contributed by atoms with Crippen LogP contribution in [0.1, 0.15) is 134 Å². The van der Waals surface area contributed by atoms with Crippen molar-refractivity contribution in [2.45, 2.75) is 195 Å². The fourth-order valence-electron chi connectivity index (χ4n) is 10.1. The number of ether oxygens (including phenoxy) is 2. The van der Waals surface area contributed by atoms with E-state index in [0.717, 1.165) is 25.7 Å². The molecule has 0 bridgehead atoms. The molecular formula is C64H104O12. The van der Waals surface area contributed by atoms with Crippen LogP contribution in [0.15, 0.2) is 123 Å². The van der Waals surface area contributed by atoms with Crippen molar-refractivity contribution in [2.24, 2.45) is 71.0 Å². The fraction of sp³-hybridized carbons (Fsp3) is 0.656. The molecule has 22 atom stereocenters. The van der Waals surface area contributed by atoms with Gasteiger partial charge < -0.3 is 50.3 Å². The summed E-state index contributed by atoms with van der Waals surface area (Å²) in [6.07, 6.45) is 28.4. The molecule has 0 radical (unpaired) electrons. The minimum Gasteiger partial charge on any atom is -0.458 e. The average molecular weight is 1070 g/mol. The summed E-state index contributed by atoms with van der Waals surface area (Å²) >= 11 is 0. The standard InChI is InChI=1S/2C32H52O6/c2*1-8-9-12-24(5)32-26(7)28(34)18-15-21(2)19-25(6)31(37)23(4)16-17-27(33)20-29(35)22(3)13-10-11-14-30(36)38-32/h2*8-14,16-17,21-29,31-35,37H,1,15,18-20H2,2-7H3/b2*12-9-,13-10+,14-11-,17-16-/t2*21?,22-,23-,24-,25+,26-,27+,28?,29-,31-,32-/m10/s1. The highest BCUT2D eigenvalue weighted by Crippen LogP contribution is 2.31. The van der Waals surface area contributed by atoms with Crippen LogP contribution in [0, 0.1) is 71.0 Å². The van der Waals surface area contributed by atoms with Crippen molar-refractivity contribution in [2.75, 3.05) is 0 Å². The molecule has 0 aromatic heterocycles. The average Bonchev–Trinajstić information content (AvgIpc) is 3.38. The Kier molecular flexibility index (Phi) is 34.8. The van der Waals surface area contributed by atoms with Gasteiger partial charge in [-0.2, -0.15) is 0 Å². The van der Waals surface area contributed by atoms with E-state index in [1.54, 1.807) is 60.8 Å². The van der Waals surface area contributed by atoms with Crippen LogP contribution in [0.5, 0.6) is 0 Å². The predicted octanol–water partition coefficient (Wildman–Crippen LogP) is 10.3. The Hall–Kier alpha value is -3.98. The first-order chi connectivity index (χ1) is 35.7. The Morgan fingerprint density at radius 3 is 1.13 bits per heavy atom. The molecule has 2 rings (SSSR count). The Balaban J connectivity index is 0.000000760. The SMILES string of the molecule is C=C/C=C\[C@@H](C)[C@H]1OC(=O)/C=C\C=C\[C@@H](C)[C@H](O)C[C@@H](O)/C=C\[C@@H](C)[C@@H](O)[C@@H](C)CC(C)CCC(O)[C@H]1C.C=C/C=C\[C@H](C)[C@@H]1OC(=O)/C=C\C=C\[C@H](C)[C@@H](O)C[C@H](O)/C=C\[C@H](C)[C@H](O)[C@H](C)CC(C)CCC(O)[C@@H]1C. The maximum Gasteiger partial charge on any atom is 0.331 e. The molecular weight excluding hydrogens is 961 g/mol. The van der Waals surface area contributed by atoms with Crippen molar-refractivity contribution in [3.05, 3.63) is 123 Å². The van der Waals surface area contributed by atoms with Crippen LogP contribution in [0.2, 0.25) is 0 Å². The van der Waals surface area contributed by atoms with Crippen molar-refractivity contribution in [3.63, 3.8) is 0 Å². The Morgan fingerprint density at radius 1 is 0.461 bits per heavy atom. The van der Waals surface area contributed by atoms with Gasteiger partial charge in [0.1, 0.15) is 12.2 Å². The molecule has 2 aliphatic rings. The van der Waals surface area contributed by atoms with E-state index in [1.807, 2.05) is 106 Å². The number of carbonyl (C=O) groups excluding carboxylic acids is 2. The highest BCUT2D eigenvalue weighted by Gasteiger charge is 2.33. The van der Waals surface area contributed by atoms with Crippen molar-refractivity contribution >= 4 is 11.9 Å². The molecule has 0 spiro atoms. The van der Waals surface area contributed by atoms with Crippen molar-refractivity contribution in [3.8, 4) is 0 Å². The van der Waals surface area contributed by atoms with Crippen LogP contribution in [-0.2, 0) is 19.1 Å². The van der Waals surface area contributed by atoms with Gasteiger partial charge in [0.2, 0.25) is 0 Å². The van der Waals surface area contributed by atoms with E-state index >= 15 is 0 Å². The third-order valence-electron chi connectivity index (χ3n) is 15.6. The minimum absolute atomic E-state index is 0.0366. The number of hydrogen-bond donors (Lipinski definition) is 8. The maximum atomic E-state index is 12.6. The van der Waals surface area contributed by atoms with Gasteiger partial charge in [0, 0.05) is 72.3 Å². The lowest BCUT2D eigenvalue weighted by Gasteiger charge is -2.31. The molecule has 0 saturated carbocycles. The summed E-state index contributed by atoms with van der Waals surface area (Å²) in [6.45, 7) is 31.0. The lowest BCUT2D eigenvalue weighted by Crippen LogP contribution is -2.37. The molecule has 12 heteroatoms. The number of carbonyl (C=O) groups is 2. The van der Waals surface area contributed by atoms with E-state index in [1.165, 1.54) is 12.2 Å². The molecule has 0 amide bonds. The molecule has 2 aliphatic heterocycles. The summed E-state index contributed by atoms with van der Waals surface area (Å²) in [5.74, 6) is -1.95. The van der Waals surface area contributed by atoms with Crippen LogP contribution in [0.3, 0.4) is 0 Å². The fourth-order valence-corrected chi connectivity index (χ4v) is 10.1. The first-order valence-electron chi connectivity index (χ1n) is 28.2. The Morgan fingerprint density at radius 2 is 0.803 bits per heavy atom. The molecule has 0 saturated heterocycles. The molecule has 0 aliphatic carbocycles. The van der Waals surface area contributed by atoms with E-state index < -0.39 is 73.0 Å². The monoisotopic (exact) mass is 1060 g/mol. The van der Waals surface area contributed by atoms with Gasteiger partial charge in [0.25, 0.3) is 0 Å². The second-order valence-electron chi connectivity index (χ2n) is 22.8. The van der Waals surface area contributed by atoms with E-state index in [-0.39, 0.29) is 83.9 Å². The van der Waals surface area contributed by atoms with Crippen LogP contribution in [-0.4, -0.2) is 114 Å². The minimum atomic E-state index is -0.828. The van der Waals surface area contributed by atoms with Gasteiger partial charge in [0.05, 0.1) is 48.8 Å². The zero-order valence-electron chi connectivity index (χ0n) is 48.4. The Labute approximate surface area is 459 Å². The molecule has 8 N–H and O–H groups in total. The van der Waals surface area contributed by atoms with E-state index in [9.17, 15) is 50.4 Å². The summed E-state index contributed by atoms with van der Waals surface area (Å²) in [7, 11) is 0. The molecule has 0 aromatic carbocycles. The van der Waals surface area contributed by atoms with E-state index in [2.05, 4.69) is 27.0 Å². The van der Waals surface area contributed by atoms with Crippen molar-refractivity contribution < 1.29 is 59.9 Å². The van der Waals surface area contributed by atoms with Gasteiger partial charge in [-0.15, -0.1) is 0 Å². The number of aliphatic hydroxyl groups is 8. The third-order valence-corrected chi connectivity index (χ3v) is 15.6. The number of aliphatic hydroxyl groups excluding tert-OH is 8. The van der Waals surface area contributed by atoms with E-state index in [0.29, 0.717) is 12.8 Å². The van der Waals surface area contributed by atoms with Crippen LogP contribution < -0.4 is 0 Å². The van der Waals surface area contributed by atoms with Crippen molar-refractivity contribution in [1.29, 1.82) is 0 Å².